The molecule has 0 unspecified atom stereocenters. The molecule has 0 fully saturated rings. The van der Waals surface area contributed by atoms with Crippen molar-refractivity contribution in [2.45, 2.75) is 6.18 Å². The zero-order chi connectivity index (χ0) is 11.1. The molecule has 0 saturated heterocycles. The van der Waals surface area contributed by atoms with Gasteiger partial charge in [0.05, 0.1) is 4.43 Å². The first-order valence-electron chi connectivity index (χ1n) is 2.59. The molecule has 0 rings (SSSR count). The molecular weight excluding hydrogens is 308 g/mol. The van der Waals surface area contributed by atoms with E-state index in [0.29, 0.717) is 0 Å². The van der Waals surface area contributed by atoms with E-state index in [4.69, 9.17) is 0 Å². The van der Waals surface area contributed by atoms with Crippen molar-refractivity contribution in [3.05, 3.63) is 0 Å². The SMILES string of the molecule is NN.O=C(CI)OC(=O)C(F)(F)F. The number of hydrogen-bond acceptors (Lipinski definition) is 5. The van der Waals surface area contributed by atoms with Gasteiger partial charge >= 0.3 is 18.1 Å². The maximum Gasteiger partial charge on any atom is 0.491 e. The van der Waals surface area contributed by atoms with E-state index in [0.717, 1.165) is 0 Å². The first-order valence-corrected chi connectivity index (χ1v) is 4.11. The minimum Gasteiger partial charge on any atom is -0.386 e. The molecule has 13 heavy (non-hydrogen) atoms. The van der Waals surface area contributed by atoms with E-state index in [2.05, 4.69) is 16.4 Å². The molecule has 4 N–H and O–H groups in total. The van der Waals surface area contributed by atoms with Crippen LogP contribution in [0.1, 0.15) is 0 Å². The molecule has 0 aliphatic carbocycles. The van der Waals surface area contributed by atoms with Gasteiger partial charge in [0.15, 0.2) is 0 Å². The molecule has 0 aliphatic heterocycles. The molecule has 0 aromatic rings. The lowest BCUT2D eigenvalue weighted by Gasteiger charge is -2.02. The molecule has 0 aliphatic rings. The average Bonchev–Trinajstić information content (AvgIpc) is 2.06. The van der Waals surface area contributed by atoms with Crippen LogP contribution in [0.4, 0.5) is 13.2 Å². The molecule has 0 saturated carbocycles. The van der Waals surface area contributed by atoms with Crippen LogP contribution in [-0.2, 0) is 14.3 Å². The topological polar surface area (TPSA) is 95.4 Å². The Balaban J connectivity index is 0. The lowest BCUT2D eigenvalue weighted by atomic mass is 10.6. The van der Waals surface area contributed by atoms with E-state index in [-0.39, 0.29) is 4.43 Å². The highest BCUT2D eigenvalue weighted by Crippen LogP contribution is 2.16. The van der Waals surface area contributed by atoms with Crippen molar-refractivity contribution >= 4 is 34.5 Å². The molecule has 0 aromatic carbocycles. The van der Waals surface area contributed by atoms with Crippen LogP contribution in [0.3, 0.4) is 0 Å². The molecule has 0 heterocycles. The Hall–Kier alpha value is -0.420. The van der Waals surface area contributed by atoms with E-state index < -0.39 is 18.1 Å². The highest BCUT2D eigenvalue weighted by molar-refractivity contribution is 14.1. The Morgan fingerprint density at radius 1 is 1.31 bits per heavy atom. The van der Waals surface area contributed by atoms with Crippen LogP contribution in [0, 0.1) is 0 Å². The van der Waals surface area contributed by atoms with Gasteiger partial charge in [0.2, 0.25) is 0 Å². The summed E-state index contributed by atoms with van der Waals surface area (Å²) in [5.41, 5.74) is 0. The van der Waals surface area contributed by atoms with Gasteiger partial charge in [-0.1, -0.05) is 22.6 Å². The summed E-state index contributed by atoms with van der Waals surface area (Å²) in [5, 5.41) is 0. The molecule has 0 amide bonds. The molecule has 0 aromatic heterocycles. The molecule has 9 heteroatoms. The van der Waals surface area contributed by atoms with Gasteiger partial charge < -0.3 is 4.74 Å². The Morgan fingerprint density at radius 2 is 1.69 bits per heavy atom. The number of nitrogens with two attached hydrogens (primary N) is 2. The number of ether oxygens (including phenoxy) is 1. The third-order valence-electron chi connectivity index (χ3n) is 0.547. The predicted molar refractivity (Wildman–Crippen MR) is 44.4 cm³/mol. The monoisotopic (exact) mass is 314 g/mol. The summed E-state index contributed by atoms with van der Waals surface area (Å²) in [6.45, 7) is 0. The maximum atomic E-state index is 11.3. The second-order valence-corrected chi connectivity index (χ2v) is 2.16. The van der Waals surface area contributed by atoms with Crippen molar-refractivity contribution in [2.24, 2.45) is 11.7 Å². The summed E-state index contributed by atoms with van der Waals surface area (Å²) >= 11 is 1.48. The third-order valence-corrected chi connectivity index (χ3v) is 1.17. The van der Waals surface area contributed by atoms with Gasteiger partial charge in [-0.15, -0.1) is 0 Å². The van der Waals surface area contributed by atoms with Crippen LogP contribution in [0.5, 0.6) is 0 Å². The zero-order valence-electron chi connectivity index (χ0n) is 6.10. The van der Waals surface area contributed by atoms with E-state index in [9.17, 15) is 22.8 Å². The zero-order valence-corrected chi connectivity index (χ0v) is 8.26. The van der Waals surface area contributed by atoms with Crippen LogP contribution in [0.25, 0.3) is 0 Å². The Morgan fingerprint density at radius 3 is 1.92 bits per heavy atom. The van der Waals surface area contributed by atoms with E-state index in [1.807, 2.05) is 0 Å². The van der Waals surface area contributed by atoms with E-state index in [1.165, 1.54) is 22.6 Å². The minimum absolute atomic E-state index is 0.292. The van der Waals surface area contributed by atoms with Crippen molar-refractivity contribution in [3.63, 3.8) is 0 Å². The van der Waals surface area contributed by atoms with Gasteiger partial charge in [0.25, 0.3) is 0 Å². The Kier molecular flexibility index (Phi) is 8.15. The summed E-state index contributed by atoms with van der Waals surface area (Å²) in [5.74, 6) is 4.33. The normalized spacial score (nSPS) is 9.69. The number of alkyl halides is 4. The van der Waals surface area contributed by atoms with Crippen LogP contribution in [0.15, 0.2) is 0 Å². The fraction of sp³-hybridized carbons (Fsp3) is 0.500. The van der Waals surface area contributed by atoms with Gasteiger partial charge in [-0.25, -0.2) is 4.79 Å². The van der Waals surface area contributed by atoms with Crippen molar-refractivity contribution in [1.82, 2.24) is 0 Å². The number of hydrogen-bond donors (Lipinski definition) is 2. The Bertz CT molecular complexity index is 184. The summed E-state index contributed by atoms with van der Waals surface area (Å²) in [6.07, 6.45) is -5.10. The van der Waals surface area contributed by atoms with Gasteiger partial charge in [0, 0.05) is 0 Å². The molecule has 0 spiro atoms. The molecule has 78 valence electrons. The highest BCUT2D eigenvalue weighted by Gasteiger charge is 2.42. The minimum atomic E-state index is -5.10. The van der Waals surface area contributed by atoms with Crippen LogP contribution < -0.4 is 11.7 Å². The fourth-order valence-corrected chi connectivity index (χ4v) is 0.344. The number of hydrazine groups is 1. The summed E-state index contributed by atoms with van der Waals surface area (Å²) in [7, 11) is 0. The number of halogens is 4. The summed E-state index contributed by atoms with van der Waals surface area (Å²) < 4.78 is 37.0. The largest absolute Gasteiger partial charge is 0.491 e. The Labute approximate surface area is 84.7 Å². The number of rotatable bonds is 1. The smallest absolute Gasteiger partial charge is 0.386 e. The molecule has 0 bridgehead atoms. The van der Waals surface area contributed by atoms with E-state index >= 15 is 0 Å². The van der Waals surface area contributed by atoms with Crippen molar-refractivity contribution in [3.8, 4) is 0 Å². The first-order chi connectivity index (χ1) is 5.88. The third kappa shape index (κ3) is 7.93. The van der Waals surface area contributed by atoms with Crippen molar-refractivity contribution in [1.29, 1.82) is 0 Å². The number of carbonyl (C=O) groups is 2. The average molecular weight is 314 g/mol. The quantitative estimate of drug-likeness (QED) is 0.176. The van der Waals surface area contributed by atoms with Crippen LogP contribution >= 0.6 is 22.6 Å². The van der Waals surface area contributed by atoms with Crippen molar-refractivity contribution < 1.29 is 27.5 Å². The highest BCUT2D eigenvalue weighted by atomic mass is 127. The lowest BCUT2D eigenvalue weighted by Crippen LogP contribution is -2.28. The van der Waals surface area contributed by atoms with Gasteiger partial charge in [-0.05, 0) is 0 Å². The second kappa shape index (κ2) is 7.03. The van der Waals surface area contributed by atoms with Crippen molar-refractivity contribution in [2.75, 3.05) is 4.43 Å². The standard InChI is InChI=1S/C4H2F3IO3.H4N2/c5-4(6,7)3(10)11-2(9)1-8;1-2/h1H2;1-2H2. The maximum absolute atomic E-state index is 11.3. The summed E-state index contributed by atoms with van der Waals surface area (Å²) in [6, 6.07) is 0. The second-order valence-electron chi connectivity index (χ2n) is 1.39. The predicted octanol–water partition coefficient (Wildman–Crippen LogP) is -0.128. The van der Waals surface area contributed by atoms with E-state index in [1.54, 1.807) is 0 Å². The van der Waals surface area contributed by atoms with Crippen LogP contribution in [-0.4, -0.2) is 22.5 Å². The fourth-order valence-electron chi connectivity index (χ4n) is 0.189. The van der Waals surface area contributed by atoms with Gasteiger partial charge in [0.1, 0.15) is 0 Å². The lowest BCUT2D eigenvalue weighted by molar-refractivity contribution is -0.200. The number of carbonyl (C=O) groups excluding carboxylic acids is 2. The van der Waals surface area contributed by atoms with Gasteiger partial charge in [-0.3, -0.25) is 16.5 Å². The molecule has 0 atom stereocenters. The molecular formula is C4H6F3IN2O3. The van der Waals surface area contributed by atoms with Crippen LogP contribution in [0.2, 0.25) is 0 Å². The molecule has 0 radical (unpaired) electrons. The first kappa shape index (κ1) is 15.1. The van der Waals surface area contributed by atoms with Gasteiger partial charge in [-0.2, -0.15) is 13.2 Å². The summed E-state index contributed by atoms with van der Waals surface area (Å²) in [4.78, 5) is 20.0. The number of esters is 2. The molecule has 5 nitrogen and oxygen atoms in total.